The van der Waals surface area contributed by atoms with E-state index in [4.69, 9.17) is 9.15 Å². The second-order valence-electron chi connectivity index (χ2n) is 4.23. The molecule has 0 bridgehead atoms. The van der Waals surface area contributed by atoms with Gasteiger partial charge in [0.1, 0.15) is 10.7 Å². The van der Waals surface area contributed by atoms with Crippen LogP contribution in [0, 0.1) is 0 Å². The van der Waals surface area contributed by atoms with Crippen molar-refractivity contribution in [3.63, 3.8) is 0 Å². The Balaban J connectivity index is 2.60. The summed E-state index contributed by atoms with van der Waals surface area (Å²) < 4.78 is 37.3. The molecule has 6 nitrogen and oxygen atoms in total. The van der Waals surface area contributed by atoms with Crippen molar-refractivity contribution in [2.24, 2.45) is 0 Å². The van der Waals surface area contributed by atoms with Crippen molar-refractivity contribution in [3.05, 3.63) is 16.5 Å². The average Bonchev–Trinajstić information content (AvgIpc) is 2.78. The van der Waals surface area contributed by atoms with Crippen LogP contribution in [0.4, 0.5) is 0 Å². The average molecular weight is 369 g/mol. The number of unbranched alkanes of at least 4 members (excludes halogenated alkanes) is 1. The first-order valence-electron chi connectivity index (χ1n) is 6.48. The summed E-state index contributed by atoms with van der Waals surface area (Å²) in [4.78, 5) is 0.136. The van der Waals surface area contributed by atoms with Crippen LogP contribution in [0.1, 0.15) is 25.5 Å². The van der Waals surface area contributed by atoms with E-state index in [0.29, 0.717) is 25.5 Å². The number of methoxy groups -OCH3 is 1. The summed E-state index contributed by atoms with van der Waals surface area (Å²) in [6.45, 7) is 4.27. The molecule has 1 aromatic rings. The number of hydrogen-bond donors (Lipinski definition) is 2. The number of halogens is 1. The van der Waals surface area contributed by atoms with Crippen LogP contribution in [0.5, 0.6) is 0 Å². The van der Waals surface area contributed by atoms with Crippen molar-refractivity contribution in [1.29, 1.82) is 0 Å². The molecular formula is C12H21BrN2O4S. The summed E-state index contributed by atoms with van der Waals surface area (Å²) in [6, 6.07) is 1.53. The van der Waals surface area contributed by atoms with Gasteiger partial charge in [-0.25, -0.2) is 13.1 Å². The quantitative estimate of drug-likeness (QED) is 0.616. The highest BCUT2D eigenvalue weighted by atomic mass is 79.9. The Bertz CT molecular complexity index is 502. The van der Waals surface area contributed by atoms with Gasteiger partial charge in [0.05, 0.1) is 6.54 Å². The minimum atomic E-state index is -3.54. The van der Waals surface area contributed by atoms with E-state index < -0.39 is 10.0 Å². The van der Waals surface area contributed by atoms with Gasteiger partial charge in [-0.05, 0) is 35.3 Å². The third-order valence-electron chi connectivity index (χ3n) is 2.61. The number of sulfonamides is 1. The monoisotopic (exact) mass is 368 g/mol. The third-order valence-corrected chi connectivity index (χ3v) is 4.93. The zero-order chi connectivity index (χ0) is 15.0. The van der Waals surface area contributed by atoms with E-state index in [2.05, 4.69) is 26.0 Å². The molecule has 0 saturated heterocycles. The second kappa shape index (κ2) is 8.78. The van der Waals surface area contributed by atoms with Gasteiger partial charge in [0.2, 0.25) is 10.0 Å². The van der Waals surface area contributed by atoms with E-state index >= 15 is 0 Å². The van der Waals surface area contributed by atoms with Crippen molar-refractivity contribution in [3.8, 4) is 0 Å². The topological polar surface area (TPSA) is 80.6 Å². The Hall–Kier alpha value is -0.410. The summed E-state index contributed by atoms with van der Waals surface area (Å²) in [7, 11) is -1.92. The van der Waals surface area contributed by atoms with Gasteiger partial charge < -0.3 is 14.5 Å². The maximum Gasteiger partial charge on any atom is 0.244 e. The van der Waals surface area contributed by atoms with E-state index in [1.807, 2.05) is 6.92 Å². The Morgan fingerprint density at radius 3 is 2.80 bits per heavy atom. The molecule has 0 aromatic carbocycles. The SMILES string of the molecule is CCNCc1cc(S(=O)(=O)NCCCCOC)c(Br)o1. The van der Waals surface area contributed by atoms with Crippen LogP contribution in [-0.2, 0) is 21.3 Å². The molecule has 116 valence electrons. The summed E-state index contributed by atoms with van der Waals surface area (Å²) in [5, 5.41) is 3.08. The molecule has 0 spiro atoms. The molecule has 1 rings (SSSR count). The maximum atomic E-state index is 12.1. The molecule has 8 heteroatoms. The van der Waals surface area contributed by atoms with E-state index in [0.717, 1.165) is 19.4 Å². The number of hydrogen-bond acceptors (Lipinski definition) is 5. The van der Waals surface area contributed by atoms with Crippen LogP contribution >= 0.6 is 15.9 Å². The van der Waals surface area contributed by atoms with Crippen molar-refractivity contribution in [1.82, 2.24) is 10.0 Å². The van der Waals surface area contributed by atoms with E-state index in [-0.39, 0.29) is 9.56 Å². The lowest BCUT2D eigenvalue weighted by molar-refractivity contribution is 0.193. The first kappa shape index (κ1) is 17.6. The smallest absolute Gasteiger partial charge is 0.244 e. The van der Waals surface area contributed by atoms with Crippen LogP contribution < -0.4 is 10.0 Å². The summed E-state index contributed by atoms with van der Waals surface area (Å²) in [6.07, 6.45) is 1.55. The molecule has 0 unspecified atom stereocenters. The van der Waals surface area contributed by atoms with E-state index in [1.165, 1.54) is 6.07 Å². The Morgan fingerprint density at radius 2 is 2.15 bits per heavy atom. The molecule has 0 aliphatic rings. The van der Waals surface area contributed by atoms with Gasteiger partial charge in [-0.15, -0.1) is 0 Å². The molecule has 0 fully saturated rings. The molecule has 0 saturated carbocycles. The van der Waals surface area contributed by atoms with Gasteiger partial charge in [0.15, 0.2) is 4.67 Å². The Kier molecular flexibility index (Phi) is 7.75. The lowest BCUT2D eigenvalue weighted by Gasteiger charge is -2.04. The highest BCUT2D eigenvalue weighted by Crippen LogP contribution is 2.25. The van der Waals surface area contributed by atoms with Gasteiger partial charge in [-0.1, -0.05) is 6.92 Å². The lowest BCUT2D eigenvalue weighted by atomic mass is 10.3. The van der Waals surface area contributed by atoms with Crippen LogP contribution in [-0.4, -0.2) is 35.2 Å². The predicted octanol–water partition coefficient (Wildman–Crippen LogP) is 1.86. The second-order valence-corrected chi connectivity index (χ2v) is 6.68. The van der Waals surface area contributed by atoms with Crippen molar-refractivity contribution < 1.29 is 17.6 Å². The normalized spacial score (nSPS) is 11.9. The first-order valence-corrected chi connectivity index (χ1v) is 8.76. The zero-order valence-corrected chi connectivity index (χ0v) is 14.1. The fraction of sp³-hybridized carbons (Fsp3) is 0.667. The van der Waals surface area contributed by atoms with Crippen LogP contribution in [0.15, 0.2) is 20.0 Å². The van der Waals surface area contributed by atoms with Crippen molar-refractivity contribution in [2.75, 3.05) is 26.8 Å². The molecule has 0 aliphatic carbocycles. The minimum Gasteiger partial charge on any atom is -0.452 e. The molecule has 1 heterocycles. The molecule has 20 heavy (non-hydrogen) atoms. The van der Waals surface area contributed by atoms with Crippen molar-refractivity contribution >= 4 is 26.0 Å². The molecule has 0 atom stereocenters. The first-order chi connectivity index (χ1) is 9.51. The molecule has 0 aliphatic heterocycles. The fourth-order valence-corrected chi connectivity index (χ4v) is 3.64. The highest BCUT2D eigenvalue weighted by Gasteiger charge is 2.21. The third kappa shape index (κ3) is 5.53. The van der Waals surface area contributed by atoms with Crippen LogP contribution in [0.2, 0.25) is 0 Å². The minimum absolute atomic E-state index is 0.136. The molecule has 2 N–H and O–H groups in total. The lowest BCUT2D eigenvalue weighted by Crippen LogP contribution is -2.25. The molecule has 0 amide bonds. The largest absolute Gasteiger partial charge is 0.452 e. The molecule has 1 aromatic heterocycles. The van der Waals surface area contributed by atoms with E-state index in [1.54, 1.807) is 7.11 Å². The van der Waals surface area contributed by atoms with Crippen molar-refractivity contribution in [2.45, 2.75) is 31.2 Å². The Morgan fingerprint density at radius 1 is 1.40 bits per heavy atom. The van der Waals surface area contributed by atoms with Gasteiger partial charge in [0.25, 0.3) is 0 Å². The van der Waals surface area contributed by atoms with Crippen LogP contribution in [0.25, 0.3) is 0 Å². The van der Waals surface area contributed by atoms with Crippen LogP contribution in [0.3, 0.4) is 0 Å². The number of furan rings is 1. The Labute approximate surface area is 128 Å². The standard InChI is InChI=1S/C12H21BrN2O4S/c1-3-14-9-10-8-11(12(13)19-10)20(16,17)15-6-4-5-7-18-2/h8,14-15H,3-7,9H2,1-2H3. The van der Waals surface area contributed by atoms with Gasteiger partial charge in [-0.2, -0.15) is 0 Å². The van der Waals surface area contributed by atoms with E-state index in [9.17, 15) is 8.42 Å². The fourth-order valence-electron chi connectivity index (χ4n) is 1.57. The summed E-state index contributed by atoms with van der Waals surface area (Å²) in [5.41, 5.74) is 0. The number of rotatable bonds is 10. The maximum absolute atomic E-state index is 12.1. The summed E-state index contributed by atoms with van der Waals surface area (Å²) in [5.74, 6) is 0.582. The summed E-state index contributed by atoms with van der Waals surface area (Å²) >= 11 is 3.15. The van der Waals surface area contributed by atoms with Gasteiger partial charge >= 0.3 is 0 Å². The highest BCUT2D eigenvalue weighted by molar-refractivity contribution is 9.10. The number of ether oxygens (including phenoxy) is 1. The van der Waals surface area contributed by atoms with Gasteiger partial charge in [0, 0.05) is 26.3 Å². The molecular weight excluding hydrogens is 348 g/mol. The predicted molar refractivity (Wildman–Crippen MR) is 80.1 cm³/mol. The zero-order valence-electron chi connectivity index (χ0n) is 11.7. The number of nitrogens with one attached hydrogen (secondary N) is 2. The van der Waals surface area contributed by atoms with Gasteiger partial charge in [-0.3, -0.25) is 0 Å². The molecule has 0 radical (unpaired) electrons.